The molecule has 7 heteroatoms. The zero-order valence-electron chi connectivity index (χ0n) is 16.0. The van der Waals surface area contributed by atoms with Crippen molar-refractivity contribution in [2.24, 2.45) is 0 Å². The van der Waals surface area contributed by atoms with E-state index in [0.717, 1.165) is 46.5 Å². The summed E-state index contributed by atoms with van der Waals surface area (Å²) >= 11 is 0. The van der Waals surface area contributed by atoms with Crippen LogP contribution in [0.4, 0.5) is 5.82 Å². The molecule has 0 aliphatic heterocycles. The summed E-state index contributed by atoms with van der Waals surface area (Å²) in [5.41, 5.74) is 4.03. The third-order valence-corrected chi connectivity index (χ3v) is 4.71. The molecule has 2 aromatic carbocycles. The van der Waals surface area contributed by atoms with Gasteiger partial charge in [0, 0.05) is 35.2 Å². The predicted octanol–water partition coefficient (Wildman–Crippen LogP) is 4.27. The number of rotatable bonds is 5. The monoisotopic (exact) mass is 419 g/mol. The first kappa shape index (κ1) is 22.0. The second-order valence-corrected chi connectivity index (χ2v) is 6.70. The first-order valence-electron chi connectivity index (χ1n) is 8.64. The number of carbonyl (C=O) groups is 1. The van der Waals surface area contributed by atoms with Crippen LogP contribution in [-0.2, 0) is 0 Å². The van der Waals surface area contributed by atoms with Crippen LogP contribution in [-0.4, -0.2) is 50.0 Å². The molecule has 0 saturated heterocycles. The first-order valence-corrected chi connectivity index (χ1v) is 8.64. The van der Waals surface area contributed by atoms with E-state index in [1.807, 2.05) is 56.6 Å². The lowest BCUT2D eigenvalue weighted by Gasteiger charge is -2.15. The molecule has 28 heavy (non-hydrogen) atoms. The second kappa shape index (κ2) is 8.78. The zero-order chi connectivity index (χ0) is 18.3. The van der Waals surface area contributed by atoms with Crippen molar-refractivity contribution in [1.29, 1.82) is 0 Å². The quantitative estimate of drug-likeness (QED) is 0.523. The predicted molar refractivity (Wildman–Crippen MR) is 119 cm³/mol. The zero-order valence-corrected chi connectivity index (χ0v) is 17.6. The lowest BCUT2D eigenvalue weighted by Crippen LogP contribution is -2.21. The number of benzene rings is 2. The van der Waals surface area contributed by atoms with E-state index >= 15 is 0 Å². The molecule has 0 atom stereocenters. The minimum Gasteiger partial charge on any atom is -0.497 e. The van der Waals surface area contributed by atoms with Crippen molar-refractivity contribution < 1.29 is 9.53 Å². The number of para-hydroxylation sites is 1. The molecule has 3 aromatic rings. The van der Waals surface area contributed by atoms with E-state index in [4.69, 9.17) is 9.72 Å². The van der Waals surface area contributed by atoms with Crippen LogP contribution >= 0.6 is 24.8 Å². The summed E-state index contributed by atoms with van der Waals surface area (Å²) in [6.07, 6.45) is 0. The van der Waals surface area contributed by atoms with Crippen LogP contribution in [0.15, 0.2) is 42.5 Å². The number of likely N-dealkylation sites (N-methyl/N-ethyl adjacent to an activating group) is 1. The van der Waals surface area contributed by atoms with Gasteiger partial charge in [0.05, 0.1) is 12.6 Å². The van der Waals surface area contributed by atoms with Crippen LogP contribution < -0.4 is 10.1 Å². The van der Waals surface area contributed by atoms with E-state index in [1.54, 1.807) is 7.11 Å². The second-order valence-electron chi connectivity index (χ2n) is 6.70. The van der Waals surface area contributed by atoms with Crippen molar-refractivity contribution in [1.82, 2.24) is 9.88 Å². The molecule has 0 spiro atoms. The third-order valence-electron chi connectivity index (χ3n) is 4.71. The number of halogens is 2. The number of methoxy groups -OCH3 is 1. The molecular formula is C21H23Cl2N3O2. The Bertz CT molecular complexity index is 1020. The van der Waals surface area contributed by atoms with E-state index in [-0.39, 0.29) is 30.6 Å². The summed E-state index contributed by atoms with van der Waals surface area (Å²) in [6, 6.07) is 13.5. The molecule has 0 amide bonds. The van der Waals surface area contributed by atoms with Gasteiger partial charge >= 0.3 is 0 Å². The SMILES string of the molecule is COc1ccc2c(c1)C(=O)c1c-2c(NCCN(C)C)nc2ccccc12.Cl.Cl. The highest BCUT2D eigenvalue weighted by Gasteiger charge is 2.32. The Kier molecular flexibility index (Phi) is 6.88. The smallest absolute Gasteiger partial charge is 0.195 e. The number of hydrogen-bond acceptors (Lipinski definition) is 5. The van der Waals surface area contributed by atoms with Crippen LogP contribution in [0.3, 0.4) is 0 Å². The number of aromatic nitrogens is 1. The summed E-state index contributed by atoms with van der Waals surface area (Å²) in [7, 11) is 5.68. The lowest BCUT2D eigenvalue weighted by atomic mass is 10.0. The molecule has 1 aliphatic carbocycles. The van der Waals surface area contributed by atoms with E-state index in [9.17, 15) is 4.79 Å². The van der Waals surface area contributed by atoms with Gasteiger partial charge in [0.15, 0.2) is 5.78 Å². The van der Waals surface area contributed by atoms with Gasteiger partial charge in [0.2, 0.25) is 0 Å². The van der Waals surface area contributed by atoms with E-state index in [0.29, 0.717) is 11.3 Å². The number of ketones is 1. The molecule has 1 aliphatic rings. The fourth-order valence-corrected chi connectivity index (χ4v) is 3.43. The normalized spacial score (nSPS) is 11.5. The Morgan fingerprint density at radius 2 is 1.79 bits per heavy atom. The van der Waals surface area contributed by atoms with Crippen molar-refractivity contribution in [3.05, 3.63) is 53.6 Å². The Labute approximate surface area is 176 Å². The van der Waals surface area contributed by atoms with Gasteiger partial charge in [-0.3, -0.25) is 4.79 Å². The van der Waals surface area contributed by atoms with Crippen LogP contribution in [0.1, 0.15) is 15.9 Å². The number of pyridine rings is 1. The number of ether oxygens (including phenoxy) is 1. The summed E-state index contributed by atoms with van der Waals surface area (Å²) in [5, 5.41) is 4.31. The van der Waals surface area contributed by atoms with Crippen LogP contribution in [0.25, 0.3) is 22.0 Å². The maximum atomic E-state index is 13.2. The van der Waals surface area contributed by atoms with Crippen LogP contribution in [0.2, 0.25) is 0 Å². The summed E-state index contributed by atoms with van der Waals surface area (Å²) < 4.78 is 5.31. The van der Waals surface area contributed by atoms with E-state index in [1.165, 1.54) is 0 Å². The minimum atomic E-state index is 0. The molecule has 148 valence electrons. The van der Waals surface area contributed by atoms with Gasteiger partial charge in [-0.1, -0.05) is 18.2 Å². The molecule has 5 nitrogen and oxygen atoms in total. The number of fused-ring (bicyclic) bond motifs is 5. The van der Waals surface area contributed by atoms with E-state index in [2.05, 4.69) is 10.2 Å². The molecule has 0 fully saturated rings. The fraction of sp³-hybridized carbons (Fsp3) is 0.238. The molecular weight excluding hydrogens is 397 g/mol. The average Bonchev–Trinajstić information content (AvgIpc) is 2.94. The Morgan fingerprint density at radius 3 is 2.50 bits per heavy atom. The van der Waals surface area contributed by atoms with Gasteiger partial charge in [-0.05, 0) is 43.9 Å². The molecule has 0 bridgehead atoms. The van der Waals surface area contributed by atoms with E-state index < -0.39 is 0 Å². The number of hydrogen-bond donors (Lipinski definition) is 1. The fourth-order valence-electron chi connectivity index (χ4n) is 3.43. The van der Waals surface area contributed by atoms with Crippen molar-refractivity contribution in [2.45, 2.75) is 0 Å². The minimum absolute atomic E-state index is 0. The van der Waals surface area contributed by atoms with Gasteiger partial charge in [-0.25, -0.2) is 4.98 Å². The topological polar surface area (TPSA) is 54.5 Å². The summed E-state index contributed by atoms with van der Waals surface area (Å²) in [4.78, 5) is 20.1. The van der Waals surface area contributed by atoms with Crippen molar-refractivity contribution in [3.8, 4) is 16.9 Å². The van der Waals surface area contributed by atoms with Crippen molar-refractivity contribution in [3.63, 3.8) is 0 Å². The Hall–Kier alpha value is -2.34. The maximum absolute atomic E-state index is 13.2. The molecule has 0 saturated carbocycles. The Morgan fingerprint density at radius 1 is 1.04 bits per heavy atom. The van der Waals surface area contributed by atoms with Crippen LogP contribution in [0.5, 0.6) is 5.75 Å². The standard InChI is InChI=1S/C21H21N3O2.2ClH/c1-24(2)11-10-22-21-19-14-9-8-13(26-3)12-16(14)20(25)18(19)15-6-4-5-7-17(15)23-21;;/h4-9,12H,10-11H2,1-3H3,(H,22,23);2*1H. The highest BCUT2D eigenvalue weighted by molar-refractivity contribution is 6.28. The van der Waals surface area contributed by atoms with Crippen molar-refractivity contribution in [2.75, 3.05) is 39.6 Å². The number of anilines is 1. The molecule has 1 aromatic heterocycles. The largest absolute Gasteiger partial charge is 0.497 e. The van der Waals surface area contributed by atoms with Gasteiger partial charge in [-0.15, -0.1) is 24.8 Å². The molecule has 0 unspecified atom stereocenters. The van der Waals surface area contributed by atoms with Gasteiger partial charge in [0.25, 0.3) is 0 Å². The van der Waals surface area contributed by atoms with Gasteiger partial charge in [0.1, 0.15) is 11.6 Å². The lowest BCUT2D eigenvalue weighted by molar-refractivity contribution is 0.104. The number of nitrogens with zero attached hydrogens (tertiary/aromatic N) is 2. The molecule has 0 radical (unpaired) electrons. The first-order chi connectivity index (χ1) is 12.6. The summed E-state index contributed by atoms with van der Waals surface area (Å²) in [6.45, 7) is 1.64. The number of nitrogens with one attached hydrogen (secondary N) is 1. The van der Waals surface area contributed by atoms with Gasteiger partial charge in [-0.2, -0.15) is 0 Å². The Balaban J connectivity index is 0.00000140. The van der Waals surface area contributed by atoms with Crippen molar-refractivity contribution >= 4 is 47.3 Å². The highest BCUT2D eigenvalue weighted by Crippen LogP contribution is 2.44. The number of carbonyl (C=O) groups excluding carboxylic acids is 1. The third kappa shape index (κ3) is 3.65. The summed E-state index contributed by atoms with van der Waals surface area (Å²) in [5.74, 6) is 1.48. The molecule has 1 N–H and O–H groups in total. The van der Waals surface area contributed by atoms with Gasteiger partial charge < -0.3 is 15.0 Å². The average molecular weight is 420 g/mol. The maximum Gasteiger partial charge on any atom is 0.195 e. The highest BCUT2D eigenvalue weighted by atomic mass is 35.5. The van der Waals surface area contributed by atoms with Crippen LogP contribution in [0, 0.1) is 0 Å². The molecule has 4 rings (SSSR count). The molecule has 1 heterocycles.